The Hall–Kier alpha value is -3.17. The summed E-state index contributed by atoms with van der Waals surface area (Å²) in [5, 5.41) is 6.07. The van der Waals surface area contributed by atoms with Gasteiger partial charge in [0.05, 0.1) is 17.6 Å². The van der Waals surface area contributed by atoms with Gasteiger partial charge in [-0.05, 0) is 36.9 Å². The lowest BCUT2D eigenvalue weighted by atomic mass is 10.2. The quantitative estimate of drug-likeness (QED) is 0.331. The minimum Gasteiger partial charge on any atom is -0.454 e. The fourth-order valence-corrected chi connectivity index (χ4v) is 4.37. The van der Waals surface area contributed by atoms with Crippen LogP contribution in [0.15, 0.2) is 59.2 Å². The van der Waals surface area contributed by atoms with Crippen LogP contribution in [0.5, 0.6) is 0 Å². The van der Waals surface area contributed by atoms with Crippen LogP contribution < -0.4 is 5.32 Å². The molecule has 0 aliphatic rings. The molecule has 158 valence electrons. The van der Waals surface area contributed by atoms with Gasteiger partial charge in [-0.2, -0.15) is 0 Å². The molecular weight excluding hydrogens is 432 g/mol. The Morgan fingerprint density at radius 3 is 2.77 bits per heavy atom. The molecule has 31 heavy (non-hydrogen) atoms. The van der Waals surface area contributed by atoms with Crippen molar-refractivity contribution in [3.05, 3.63) is 76.0 Å². The molecule has 4 rings (SSSR count). The minimum absolute atomic E-state index is 0.0230. The van der Waals surface area contributed by atoms with Crippen LogP contribution in [0.25, 0.3) is 5.52 Å². The molecule has 1 N–H and O–H groups in total. The van der Waals surface area contributed by atoms with E-state index in [-0.39, 0.29) is 24.6 Å². The number of imidazole rings is 1. The van der Waals surface area contributed by atoms with Gasteiger partial charge < -0.3 is 10.1 Å². The van der Waals surface area contributed by atoms with E-state index in [1.807, 2.05) is 66.2 Å². The summed E-state index contributed by atoms with van der Waals surface area (Å²) >= 11 is 2.82. The SMILES string of the molecule is CSc1nc(C(=O)OCc2csc(CC(=O)Nc3ccccc3C)n2)c2ccccn12. The van der Waals surface area contributed by atoms with Gasteiger partial charge in [0.15, 0.2) is 10.9 Å². The highest BCUT2D eigenvalue weighted by Gasteiger charge is 2.19. The molecule has 3 aromatic heterocycles. The summed E-state index contributed by atoms with van der Waals surface area (Å²) in [6, 6.07) is 13.2. The number of anilines is 1. The van der Waals surface area contributed by atoms with Crippen LogP contribution in [-0.2, 0) is 22.6 Å². The molecule has 0 fully saturated rings. The van der Waals surface area contributed by atoms with Crippen molar-refractivity contribution in [3.8, 4) is 0 Å². The summed E-state index contributed by atoms with van der Waals surface area (Å²) in [7, 11) is 0. The number of amides is 1. The number of hydrogen-bond acceptors (Lipinski definition) is 7. The first-order chi connectivity index (χ1) is 15.0. The van der Waals surface area contributed by atoms with Gasteiger partial charge in [-0.3, -0.25) is 9.20 Å². The van der Waals surface area contributed by atoms with Crippen LogP contribution in [-0.4, -0.2) is 32.5 Å². The number of benzene rings is 1. The lowest BCUT2D eigenvalue weighted by Gasteiger charge is -2.06. The second-order valence-corrected chi connectivity index (χ2v) is 8.47. The Labute approximate surface area is 187 Å². The molecule has 3 heterocycles. The van der Waals surface area contributed by atoms with Crippen molar-refractivity contribution in [3.63, 3.8) is 0 Å². The first-order valence-electron chi connectivity index (χ1n) is 9.52. The van der Waals surface area contributed by atoms with E-state index < -0.39 is 5.97 Å². The number of nitrogens with zero attached hydrogens (tertiary/aromatic N) is 3. The normalized spacial score (nSPS) is 10.9. The number of carbonyl (C=O) groups is 2. The molecule has 0 spiro atoms. The van der Waals surface area contributed by atoms with Crippen LogP contribution in [0.2, 0.25) is 0 Å². The number of ether oxygens (including phenoxy) is 1. The number of fused-ring (bicyclic) bond motifs is 1. The van der Waals surface area contributed by atoms with Gasteiger partial charge in [-0.15, -0.1) is 11.3 Å². The van der Waals surface area contributed by atoms with Crippen LogP contribution in [0.1, 0.15) is 26.8 Å². The average Bonchev–Trinajstić information content (AvgIpc) is 3.38. The van der Waals surface area contributed by atoms with Crippen molar-refractivity contribution in [2.75, 3.05) is 11.6 Å². The lowest BCUT2D eigenvalue weighted by Crippen LogP contribution is -2.15. The highest BCUT2D eigenvalue weighted by atomic mass is 32.2. The molecule has 1 aromatic carbocycles. The number of aromatic nitrogens is 3. The number of pyridine rings is 1. The van der Waals surface area contributed by atoms with E-state index >= 15 is 0 Å². The third-order valence-corrected chi connectivity index (χ3v) is 6.12. The Morgan fingerprint density at radius 1 is 1.16 bits per heavy atom. The van der Waals surface area contributed by atoms with Crippen molar-refractivity contribution in [1.82, 2.24) is 14.4 Å². The number of aryl methyl sites for hydroxylation is 1. The third-order valence-electron chi connectivity index (χ3n) is 4.57. The standard InChI is InChI=1S/C22H20N4O3S2/c1-14-7-3-4-8-16(14)24-18(27)11-19-23-15(13-31-19)12-29-21(28)20-17-9-5-6-10-26(17)22(25-20)30-2/h3-10,13H,11-12H2,1-2H3,(H,24,27). The highest BCUT2D eigenvalue weighted by Crippen LogP contribution is 2.21. The highest BCUT2D eigenvalue weighted by molar-refractivity contribution is 7.98. The number of thioether (sulfide) groups is 1. The molecule has 0 saturated heterocycles. The Bertz CT molecular complexity index is 1250. The fourth-order valence-electron chi connectivity index (χ4n) is 3.05. The maximum atomic E-state index is 12.6. The van der Waals surface area contributed by atoms with Gasteiger partial charge in [-0.25, -0.2) is 14.8 Å². The van der Waals surface area contributed by atoms with Crippen molar-refractivity contribution >= 4 is 46.2 Å². The molecule has 0 unspecified atom stereocenters. The molecule has 9 heteroatoms. The largest absolute Gasteiger partial charge is 0.454 e. The number of rotatable bonds is 7. The average molecular weight is 453 g/mol. The van der Waals surface area contributed by atoms with Crippen LogP contribution in [0, 0.1) is 6.92 Å². The van der Waals surface area contributed by atoms with Gasteiger partial charge in [0.25, 0.3) is 0 Å². The number of esters is 1. The summed E-state index contributed by atoms with van der Waals surface area (Å²) in [5.74, 6) is -0.642. The number of nitrogens with one attached hydrogen (secondary N) is 1. The Balaban J connectivity index is 1.37. The molecule has 0 atom stereocenters. The first kappa shape index (κ1) is 21.1. The maximum absolute atomic E-state index is 12.6. The zero-order valence-corrected chi connectivity index (χ0v) is 18.6. The van der Waals surface area contributed by atoms with E-state index in [0.29, 0.717) is 16.2 Å². The predicted octanol–water partition coefficient (Wildman–Crippen LogP) is 4.36. The second kappa shape index (κ2) is 9.32. The minimum atomic E-state index is -0.504. The smallest absolute Gasteiger partial charge is 0.359 e. The summed E-state index contributed by atoms with van der Waals surface area (Å²) in [6.45, 7) is 1.96. The van der Waals surface area contributed by atoms with E-state index in [2.05, 4.69) is 15.3 Å². The van der Waals surface area contributed by atoms with Crippen LogP contribution in [0.4, 0.5) is 5.69 Å². The molecule has 0 aliphatic carbocycles. The molecule has 0 aliphatic heterocycles. The van der Waals surface area contributed by atoms with Crippen molar-refractivity contribution in [2.24, 2.45) is 0 Å². The molecule has 0 radical (unpaired) electrons. The van der Waals surface area contributed by atoms with E-state index in [0.717, 1.165) is 16.4 Å². The topological polar surface area (TPSA) is 85.6 Å². The molecule has 4 aromatic rings. The summed E-state index contributed by atoms with van der Waals surface area (Å²) < 4.78 is 7.29. The van der Waals surface area contributed by atoms with Crippen molar-refractivity contribution < 1.29 is 14.3 Å². The molecule has 0 saturated carbocycles. The van der Waals surface area contributed by atoms with Crippen LogP contribution in [0.3, 0.4) is 0 Å². The number of carbonyl (C=O) groups excluding carboxylic acids is 2. The Kier molecular flexibility index (Phi) is 6.34. The Morgan fingerprint density at radius 2 is 1.97 bits per heavy atom. The molecule has 0 bridgehead atoms. The van der Waals surface area contributed by atoms with Gasteiger partial charge in [0.1, 0.15) is 11.6 Å². The zero-order chi connectivity index (χ0) is 21.8. The molecular formula is C22H20N4O3S2. The second-order valence-electron chi connectivity index (χ2n) is 6.75. The van der Waals surface area contributed by atoms with Gasteiger partial charge in [0.2, 0.25) is 5.91 Å². The van der Waals surface area contributed by atoms with Gasteiger partial charge in [-0.1, -0.05) is 36.0 Å². The fraction of sp³-hybridized carbons (Fsp3) is 0.182. The summed E-state index contributed by atoms with van der Waals surface area (Å²) in [4.78, 5) is 33.7. The third kappa shape index (κ3) is 4.78. The van der Waals surface area contributed by atoms with E-state index in [1.165, 1.54) is 23.1 Å². The van der Waals surface area contributed by atoms with E-state index in [4.69, 9.17) is 4.74 Å². The van der Waals surface area contributed by atoms with Crippen LogP contribution >= 0.6 is 23.1 Å². The van der Waals surface area contributed by atoms with E-state index in [9.17, 15) is 9.59 Å². The number of para-hydroxylation sites is 1. The van der Waals surface area contributed by atoms with Crippen molar-refractivity contribution in [1.29, 1.82) is 0 Å². The first-order valence-corrected chi connectivity index (χ1v) is 11.6. The molecule has 1 amide bonds. The van der Waals surface area contributed by atoms with Crippen molar-refractivity contribution in [2.45, 2.75) is 25.1 Å². The predicted molar refractivity (Wildman–Crippen MR) is 122 cm³/mol. The lowest BCUT2D eigenvalue weighted by molar-refractivity contribution is -0.115. The number of hydrogen-bond donors (Lipinski definition) is 1. The molecule has 7 nitrogen and oxygen atoms in total. The van der Waals surface area contributed by atoms with Gasteiger partial charge >= 0.3 is 5.97 Å². The van der Waals surface area contributed by atoms with Gasteiger partial charge in [0, 0.05) is 17.3 Å². The summed E-state index contributed by atoms with van der Waals surface area (Å²) in [5.41, 5.74) is 3.36. The van der Waals surface area contributed by atoms with E-state index in [1.54, 1.807) is 5.38 Å². The maximum Gasteiger partial charge on any atom is 0.359 e. The monoisotopic (exact) mass is 452 g/mol. The summed E-state index contributed by atoms with van der Waals surface area (Å²) in [6.07, 6.45) is 3.93. The zero-order valence-electron chi connectivity index (χ0n) is 17.0. The number of thiazole rings is 1.